The molecule has 2 nitrogen and oxygen atoms in total. The highest BCUT2D eigenvalue weighted by Gasteiger charge is 2.16. The Balaban J connectivity index is 2.69. The van der Waals surface area contributed by atoms with E-state index >= 15 is 0 Å². The summed E-state index contributed by atoms with van der Waals surface area (Å²) in [5.74, 6) is -0.291. The zero-order valence-electron chi connectivity index (χ0n) is 8.33. The third-order valence-electron chi connectivity index (χ3n) is 2.15. The van der Waals surface area contributed by atoms with Gasteiger partial charge in [0.1, 0.15) is 4.88 Å². The molecule has 0 atom stereocenters. The summed E-state index contributed by atoms with van der Waals surface area (Å²) in [6.45, 7) is 2.03. The van der Waals surface area contributed by atoms with Gasteiger partial charge in [-0.1, -0.05) is 11.6 Å². The van der Waals surface area contributed by atoms with Crippen LogP contribution >= 0.6 is 27.3 Å². The third-order valence-corrected chi connectivity index (χ3v) is 4.39. The van der Waals surface area contributed by atoms with E-state index in [1.807, 2.05) is 19.1 Å². The lowest BCUT2D eigenvalue weighted by Crippen LogP contribution is -1.98. The topological polar surface area (TPSA) is 26.3 Å². The summed E-state index contributed by atoms with van der Waals surface area (Å²) in [4.78, 5) is 12.1. The standard InChI is InChI=1S/C11H9BrO2S/c1-6-3-4-8-7(5-6)9(12)10(15-8)11(13)14-2/h3-5H,1-2H3. The molecule has 78 valence electrons. The Hall–Kier alpha value is -0.870. The fraction of sp³-hybridized carbons (Fsp3) is 0.182. The van der Waals surface area contributed by atoms with Gasteiger partial charge in [0, 0.05) is 10.1 Å². The van der Waals surface area contributed by atoms with E-state index in [1.165, 1.54) is 24.0 Å². The minimum absolute atomic E-state index is 0.291. The molecule has 4 heteroatoms. The Labute approximate surface area is 100.0 Å². The van der Waals surface area contributed by atoms with Crippen molar-refractivity contribution in [2.75, 3.05) is 7.11 Å². The quantitative estimate of drug-likeness (QED) is 0.746. The van der Waals surface area contributed by atoms with Crippen molar-refractivity contribution in [2.45, 2.75) is 6.92 Å². The van der Waals surface area contributed by atoms with E-state index in [0.717, 1.165) is 14.6 Å². The number of rotatable bonds is 1. The molecule has 0 amide bonds. The van der Waals surface area contributed by atoms with Crippen molar-refractivity contribution in [3.63, 3.8) is 0 Å². The van der Waals surface area contributed by atoms with Crippen molar-refractivity contribution in [1.82, 2.24) is 0 Å². The van der Waals surface area contributed by atoms with Crippen LogP contribution in [0.1, 0.15) is 15.2 Å². The Bertz CT molecular complexity index is 531. The first-order valence-electron chi connectivity index (χ1n) is 4.40. The van der Waals surface area contributed by atoms with Crippen molar-refractivity contribution in [3.05, 3.63) is 33.1 Å². The number of benzene rings is 1. The van der Waals surface area contributed by atoms with Crippen LogP contribution in [-0.4, -0.2) is 13.1 Å². The molecule has 0 aliphatic carbocycles. The fourth-order valence-corrected chi connectivity index (χ4v) is 3.26. The molecule has 2 rings (SSSR count). The number of thiophene rings is 1. The summed E-state index contributed by atoms with van der Waals surface area (Å²) in [7, 11) is 1.39. The van der Waals surface area contributed by atoms with Crippen molar-refractivity contribution in [2.24, 2.45) is 0 Å². The molecule has 0 saturated carbocycles. The van der Waals surface area contributed by atoms with Crippen LogP contribution in [-0.2, 0) is 4.74 Å². The molecule has 1 heterocycles. The zero-order valence-corrected chi connectivity index (χ0v) is 10.7. The van der Waals surface area contributed by atoms with Crippen LogP contribution in [0.2, 0.25) is 0 Å². The second-order valence-electron chi connectivity index (χ2n) is 3.24. The van der Waals surface area contributed by atoms with E-state index in [1.54, 1.807) is 0 Å². The summed E-state index contributed by atoms with van der Waals surface area (Å²) in [6.07, 6.45) is 0. The van der Waals surface area contributed by atoms with E-state index < -0.39 is 0 Å². The molecule has 1 aromatic heterocycles. The van der Waals surface area contributed by atoms with Crippen LogP contribution in [0.25, 0.3) is 10.1 Å². The number of carbonyl (C=O) groups excluding carboxylic acids is 1. The van der Waals surface area contributed by atoms with E-state index in [-0.39, 0.29) is 5.97 Å². The highest BCUT2D eigenvalue weighted by Crippen LogP contribution is 2.36. The van der Waals surface area contributed by atoms with Gasteiger partial charge in [-0.2, -0.15) is 0 Å². The second-order valence-corrected chi connectivity index (χ2v) is 5.08. The van der Waals surface area contributed by atoms with Gasteiger partial charge in [-0.3, -0.25) is 0 Å². The lowest BCUT2D eigenvalue weighted by atomic mass is 10.2. The number of methoxy groups -OCH3 is 1. The number of carbonyl (C=O) groups is 1. The van der Waals surface area contributed by atoms with E-state index in [2.05, 4.69) is 22.0 Å². The number of aryl methyl sites for hydroxylation is 1. The first-order valence-corrected chi connectivity index (χ1v) is 6.01. The average Bonchev–Trinajstić information content (AvgIpc) is 2.55. The largest absolute Gasteiger partial charge is 0.465 e. The van der Waals surface area contributed by atoms with Gasteiger partial charge >= 0.3 is 5.97 Å². The molecule has 0 N–H and O–H groups in total. The molecule has 0 unspecified atom stereocenters. The molecule has 0 bridgehead atoms. The molecule has 0 aliphatic heterocycles. The minimum Gasteiger partial charge on any atom is -0.465 e. The number of ether oxygens (including phenoxy) is 1. The number of hydrogen-bond acceptors (Lipinski definition) is 3. The van der Waals surface area contributed by atoms with Gasteiger partial charge in [-0.15, -0.1) is 11.3 Å². The maximum Gasteiger partial charge on any atom is 0.349 e. The van der Waals surface area contributed by atoms with Crippen LogP contribution < -0.4 is 0 Å². The van der Waals surface area contributed by atoms with Crippen LogP contribution in [0.4, 0.5) is 0 Å². The predicted octanol–water partition coefficient (Wildman–Crippen LogP) is 3.76. The molecular weight excluding hydrogens is 276 g/mol. The smallest absolute Gasteiger partial charge is 0.349 e. The average molecular weight is 285 g/mol. The summed E-state index contributed by atoms with van der Waals surface area (Å²) in [5, 5.41) is 1.07. The Morgan fingerprint density at radius 1 is 1.47 bits per heavy atom. The van der Waals surface area contributed by atoms with Crippen molar-refractivity contribution < 1.29 is 9.53 Å². The van der Waals surface area contributed by atoms with Crippen molar-refractivity contribution in [1.29, 1.82) is 0 Å². The van der Waals surface area contributed by atoms with Gasteiger partial charge in [-0.25, -0.2) is 4.79 Å². The predicted molar refractivity (Wildman–Crippen MR) is 65.6 cm³/mol. The van der Waals surface area contributed by atoms with Crippen LogP contribution in [0.15, 0.2) is 22.7 Å². The Kier molecular flexibility index (Phi) is 2.80. The number of esters is 1. The Morgan fingerprint density at radius 2 is 2.20 bits per heavy atom. The van der Waals surface area contributed by atoms with Gasteiger partial charge in [0.25, 0.3) is 0 Å². The molecule has 2 aromatic rings. The van der Waals surface area contributed by atoms with Gasteiger partial charge < -0.3 is 4.74 Å². The lowest BCUT2D eigenvalue weighted by Gasteiger charge is -1.95. The number of fused-ring (bicyclic) bond motifs is 1. The molecular formula is C11H9BrO2S. The van der Waals surface area contributed by atoms with Gasteiger partial charge in [0.15, 0.2) is 0 Å². The van der Waals surface area contributed by atoms with E-state index in [4.69, 9.17) is 4.74 Å². The normalized spacial score (nSPS) is 10.6. The van der Waals surface area contributed by atoms with E-state index in [0.29, 0.717) is 4.88 Å². The molecule has 1 aromatic carbocycles. The van der Waals surface area contributed by atoms with Crippen molar-refractivity contribution >= 4 is 43.3 Å². The van der Waals surface area contributed by atoms with Crippen LogP contribution in [0.5, 0.6) is 0 Å². The first kappa shape index (κ1) is 10.6. The van der Waals surface area contributed by atoms with Gasteiger partial charge in [0.05, 0.1) is 11.6 Å². The van der Waals surface area contributed by atoms with Gasteiger partial charge in [0.2, 0.25) is 0 Å². The summed E-state index contributed by atoms with van der Waals surface area (Å²) in [6, 6.07) is 6.11. The fourth-order valence-electron chi connectivity index (χ4n) is 1.41. The lowest BCUT2D eigenvalue weighted by molar-refractivity contribution is 0.0605. The molecule has 0 aliphatic rings. The molecule has 0 fully saturated rings. The first-order chi connectivity index (χ1) is 7.13. The van der Waals surface area contributed by atoms with Crippen LogP contribution in [0.3, 0.4) is 0 Å². The monoisotopic (exact) mass is 284 g/mol. The molecule has 0 spiro atoms. The summed E-state index contributed by atoms with van der Waals surface area (Å²) in [5.41, 5.74) is 1.18. The Morgan fingerprint density at radius 3 is 2.87 bits per heavy atom. The molecule has 0 saturated heterocycles. The van der Waals surface area contributed by atoms with Gasteiger partial charge in [-0.05, 0) is 35.0 Å². The summed E-state index contributed by atoms with van der Waals surface area (Å²) < 4.78 is 6.64. The van der Waals surface area contributed by atoms with Crippen molar-refractivity contribution in [3.8, 4) is 0 Å². The number of hydrogen-bond donors (Lipinski definition) is 0. The zero-order chi connectivity index (χ0) is 11.0. The number of halogens is 1. The maximum absolute atomic E-state index is 11.4. The highest BCUT2D eigenvalue weighted by molar-refractivity contribution is 9.10. The summed E-state index contributed by atoms with van der Waals surface area (Å²) >= 11 is 4.88. The molecule has 15 heavy (non-hydrogen) atoms. The second kappa shape index (κ2) is 3.94. The SMILES string of the molecule is COC(=O)c1sc2ccc(C)cc2c1Br. The minimum atomic E-state index is -0.291. The van der Waals surface area contributed by atoms with E-state index in [9.17, 15) is 4.79 Å². The third kappa shape index (κ3) is 1.79. The van der Waals surface area contributed by atoms with Crippen LogP contribution in [0, 0.1) is 6.92 Å². The maximum atomic E-state index is 11.4. The molecule has 0 radical (unpaired) electrons. The highest BCUT2D eigenvalue weighted by atomic mass is 79.9.